The summed E-state index contributed by atoms with van der Waals surface area (Å²) in [5.74, 6) is -1.73. The van der Waals surface area contributed by atoms with Crippen molar-refractivity contribution in [1.82, 2.24) is 0 Å². The molecule has 4 aromatic rings. The van der Waals surface area contributed by atoms with Gasteiger partial charge in [0.25, 0.3) is 0 Å². The Morgan fingerprint density at radius 1 is 1.09 bits per heavy atom. The summed E-state index contributed by atoms with van der Waals surface area (Å²) in [5, 5.41) is 11.2. The van der Waals surface area contributed by atoms with Gasteiger partial charge in [-0.05, 0) is 35.4 Å². The second-order valence-corrected chi connectivity index (χ2v) is 8.28. The van der Waals surface area contributed by atoms with Gasteiger partial charge in [-0.3, -0.25) is 9.59 Å². The van der Waals surface area contributed by atoms with E-state index in [0.29, 0.717) is 27.3 Å². The number of hydrogen-bond donors (Lipinski definition) is 1. The fourth-order valence-corrected chi connectivity index (χ4v) is 4.34. The molecule has 34 heavy (non-hydrogen) atoms. The number of carbonyl (C=O) groups excluding carboxylic acids is 2. The third-order valence-corrected chi connectivity index (χ3v) is 6.11. The molecule has 0 fully saturated rings. The van der Waals surface area contributed by atoms with Gasteiger partial charge in [-0.1, -0.05) is 35.9 Å². The Bertz CT molecular complexity index is 1500. The number of phenols is 1. The van der Waals surface area contributed by atoms with Gasteiger partial charge in [0.05, 0.1) is 24.7 Å². The van der Waals surface area contributed by atoms with Gasteiger partial charge >= 0.3 is 11.9 Å². The lowest BCUT2D eigenvalue weighted by atomic mass is 9.84. The van der Waals surface area contributed by atoms with Gasteiger partial charge in [0, 0.05) is 22.6 Å². The van der Waals surface area contributed by atoms with Gasteiger partial charge in [0.2, 0.25) is 5.43 Å². The third-order valence-electron chi connectivity index (χ3n) is 5.86. The summed E-state index contributed by atoms with van der Waals surface area (Å²) in [6.45, 7) is 0. The number of carbonyl (C=O) groups is 2. The minimum atomic E-state index is -0.518. The molecule has 1 atom stereocenters. The topological polar surface area (TPSA) is 103 Å². The number of fused-ring (bicyclic) bond motifs is 3. The molecule has 7 nitrogen and oxygen atoms in total. The molecule has 8 heteroatoms. The summed E-state index contributed by atoms with van der Waals surface area (Å²) in [5.41, 5.74) is 2.08. The van der Waals surface area contributed by atoms with Crippen molar-refractivity contribution in [3.63, 3.8) is 0 Å². The highest BCUT2D eigenvalue weighted by Crippen LogP contribution is 2.45. The highest BCUT2D eigenvalue weighted by atomic mass is 35.5. The van der Waals surface area contributed by atoms with Crippen LogP contribution in [0.25, 0.3) is 22.1 Å². The number of phenolic OH excluding ortho intramolecular Hbond substituents is 1. The average molecular weight is 477 g/mol. The number of esters is 2. The van der Waals surface area contributed by atoms with Crippen molar-refractivity contribution >= 4 is 34.5 Å². The molecule has 0 aliphatic carbocycles. The molecule has 1 aliphatic rings. The molecule has 1 unspecified atom stereocenters. The van der Waals surface area contributed by atoms with Crippen molar-refractivity contribution in [3.05, 3.63) is 92.8 Å². The van der Waals surface area contributed by atoms with Crippen molar-refractivity contribution in [2.75, 3.05) is 7.11 Å². The third kappa shape index (κ3) is 3.60. The fourth-order valence-electron chi connectivity index (χ4n) is 4.21. The summed E-state index contributed by atoms with van der Waals surface area (Å²) in [6.07, 6.45) is 1.31. The molecule has 1 aromatic heterocycles. The maximum absolute atomic E-state index is 13.4. The molecular weight excluding hydrogens is 460 g/mol. The normalized spacial score (nSPS) is 15.0. The van der Waals surface area contributed by atoms with Crippen LogP contribution in [0.15, 0.2) is 70.1 Å². The molecule has 0 spiro atoms. The molecule has 0 radical (unpaired) electrons. The van der Waals surface area contributed by atoms with Crippen molar-refractivity contribution < 1.29 is 28.6 Å². The van der Waals surface area contributed by atoms with Crippen LogP contribution in [0.3, 0.4) is 0 Å². The summed E-state index contributed by atoms with van der Waals surface area (Å²) in [6, 6.07) is 14.5. The molecule has 1 N–H and O–H groups in total. The lowest BCUT2D eigenvalue weighted by molar-refractivity contribution is -0.135. The van der Waals surface area contributed by atoms with E-state index < -0.39 is 23.3 Å². The lowest BCUT2D eigenvalue weighted by Crippen LogP contribution is -2.22. The van der Waals surface area contributed by atoms with E-state index in [4.69, 9.17) is 25.5 Å². The Hall–Kier alpha value is -4.10. The molecule has 2 heterocycles. The summed E-state index contributed by atoms with van der Waals surface area (Å²) < 4.78 is 16.0. The molecule has 0 bridgehead atoms. The van der Waals surface area contributed by atoms with E-state index in [1.807, 2.05) is 0 Å². The largest absolute Gasteiger partial charge is 0.507 e. The Balaban J connectivity index is 1.70. The quantitative estimate of drug-likeness (QED) is 0.326. The summed E-state index contributed by atoms with van der Waals surface area (Å²) >= 11 is 5.95. The number of benzene rings is 3. The Labute approximate surface area is 198 Å². The number of rotatable bonds is 3. The van der Waals surface area contributed by atoms with Crippen molar-refractivity contribution in [2.24, 2.45) is 0 Å². The Kier molecular flexibility index (Phi) is 5.34. The zero-order valence-electron chi connectivity index (χ0n) is 17.8. The first kappa shape index (κ1) is 21.7. The van der Waals surface area contributed by atoms with Crippen LogP contribution in [-0.4, -0.2) is 24.2 Å². The summed E-state index contributed by atoms with van der Waals surface area (Å²) in [7, 11) is 1.29. The molecule has 3 aromatic carbocycles. The number of ether oxygens (including phenoxy) is 2. The van der Waals surface area contributed by atoms with Crippen LogP contribution in [0.4, 0.5) is 0 Å². The standard InChI is InChI=1S/C26H17ClO7/c1-32-26(31)15-4-2-13(3-5-15)17-10-21(29)34-20-11-19(28)23-24(30)18(12-33-25(23)22(17)20)14-6-8-16(27)9-7-14/h2-9,11-12,17,28H,10H2,1H3. The van der Waals surface area contributed by atoms with Crippen molar-refractivity contribution in [1.29, 1.82) is 0 Å². The minimum absolute atomic E-state index is 0.00685. The lowest BCUT2D eigenvalue weighted by Gasteiger charge is -2.26. The van der Waals surface area contributed by atoms with Gasteiger partial charge in [0.15, 0.2) is 0 Å². The van der Waals surface area contributed by atoms with Crippen LogP contribution in [0.1, 0.15) is 33.8 Å². The van der Waals surface area contributed by atoms with Crippen LogP contribution in [0.5, 0.6) is 11.5 Å². The molecular formula is C26H17ClO7. The first-order chi connectivity index (χ1) is 16.4. The SMILES string of the molecule is COC(=O)c1ccc(C2CC(=O)Oc3cc(O)c4c(=O)c(-c5ccc(Cl)cc5)coc4c32)cc1. The highest BCUT2D eigenvalue weighted by Gasteiger charge is 2.33. The van der Waals surface area contributed by atoms with E-state index in [1.165, 1.54) is 19.4 Å². The van der Waals surface area contributed by atoms with E-state index in [9.17, 15) is 19.5 Å². The first-order valence-corrected chi connectivity index (χ1v) is 10.7. The maximum atomic E-state index is 13.4. The zero-order valence-corrected chi connectivity index (χ0v) is 18.6. The number of methoxy groups -OCH3 is 1. The number of hydrogen-bond acceptors (Lipinski definition) is 7. The van der Waals surface area contributed by atoms with Crippen LogP contribution in [-0.2, 0) is 9.53 Å². The van der Waals surface area contributed by atoms with Gasteiger partial charge < -0.3 is 19.0 Å². The summed E-state index contributed by atoms with van der Waals surface area (Å²) in [4.78, 5) is 37.5. The molecule has 0 amide bonds. The average Bonchev–Trinajstić information content (AvgIpc) is 2.83. The van der Waals surface area contributed by atoms with E-state index in [0.717, 1.165) is 0 Å². The maximum Gasteiger partial charge on any atom is 0.337 e. The highest BCUT2D eigenvalue weighted by molar-refractivity contribution is 6.30. The van der Waals surface area contributed by atoms with Gasteiger partial charge in [-0.25, -0.2) is 4.79 Å². The van der Waals surface area contributed by atoms with Crippen molar-refractivity contribution in [3.8, 4) is 22.6 Å². The number of halogens is 1. The van der Waals surface area contributed by atoms with Gasteiger partial charge in [-0.2, -0.15) is 0 Å². The van der Waals surface area contributed by atoms with E-state index >= 15 is 0 Å². The Morgan fingerprint density at radius 3 is 2.47 bits per heavy atom. The van der Waals surface area contributed by atoms with Crippen LogP contribution in [0, 0.1) is 0 Å². The molecule has 5 rings (SSSR count). The van der Waals surface area contributed by atoms with E-state index in [1.54, 1.807) is 48.5 Å². The Morgan fingerprint density at radius 2 is 1.79 bits per heavy atom. The predicted molar refractivity (Wildman–Crippen MR) is 124 cm³/mol. The first-order valence-electron chi connectivity index (χ1n) is 10.3. The molecule has 170 valence electrons. The fraction of sp³-hybridized carbons (Fsp3) is 0.115. The van der Waals surface area contributed by atoms with Crippen LogP contribution >= 0.6 is 11.6 Å². The number of aromatic hydroxyl groups is 1. The van der Waals surface area contributed by atoms with Crippen LogP contribution in [0.2, 0.25) is 5.02 Å². The van der Waals surface area contributed by atoms with E-state index in [-0.39, 0.29) is 34.5 Å². The minimum Gasteiger partial charge on any atom is -0.507 e. The molecule has 0 saturated heterocycles. The van der Waals surface area contributed by atoms with Gasteiger partial charge in [-0.15, -0.1) is 0 Å². The van der Waals surface area contributed by atoms with E-state index in [2.05, 4.69) is 0 Å². The second kappa shape index (κ2) is 8.35. The smallest absolute Gasteiger partial charge is 0.337 e. The molecule has 1 aliphatic heterocycles. The predicted octanol–water partition coefficient (Wildman–Crippen LogP) is 5.05. The van der Waals surface area contributed by atoms with Crippen molar-refractivity contribution in [2.45, 2.75) is 12.3 Å². The molecule has 0 saturated carbocycles. The monoisotopic (exact) mass is 476 g/mol. The van der Waals surface area contributed by atoms with Crippen LogP contribution < -0.4 is 10.2 Å². The second-order valence-electron chi connectivity index (χ2n) is 7.84. The zero-order chi connectivity index (χ0) is 24.0. The van der Waals surface area contributed by atoms with Gasteiger partial charge in [0.1, 0.15) is 28.7 Å².